The third-order valence-corrected chi connectivity index (χ3v) is 5.92. The number of hydrogen-bond acceptors (Lipinski definition) is 6. The Balaban J connectivity index is 1.79. The van der Waals surface area contributed by atoms with Gasteiger partial charge in [-0.1, -0.05) is 60.7 Å². The number of nitrogens with zero attached hydrogens (tertiary/aromatic N) is 5. The quantitative estimate of drug-likeness (QED) is 0.271. The van der Waals surface area contributed by atoms with Gasteiger partial charge in [0.25, 0.3) is 5.69 Å². The van der Waals surface area contributed by atoms with Crippen molar-refractivity contribution in [3.05, 3.63) is 76.8 Å². The summed E-state index contributed by atoms with van der Waals surface area (Å²) in [7, 11) is 0. The second-order valence-corrected chi connectivity index (χ2v) is 7.79. The first-order valence-corrected chi connectivity index (χ1v) is 10.3. The first kappa shape index (κ1) is 17.7. The number of fused-ring (bicyclic) bond motifs is 15. The number of hydrogen-bond donors (Lipinski definition) is 2. The maximum absolute atomic E-state index is 11.8. The molecular formula is C24H13N7O2. The van der Waals surface area contributed by atoms with Crippen molar-refractivity contribution in [3.63, 3.8) is 0 Å². The van der Waals surface area contributed by atoms with Gasteiger partial charge in [0.2, 0.25) is 0 Å². The summed E-state index contributed by atoms with van der Waals surface area (Å²) in [6.45, 7) is 0. The van der Waals surface area contributed by atoms with Gasteiger partial charge < -0.3 is 9.97 Å². The van der Waals surface area contributed by atoms with Crippen LogP contribution in [0.4, 0.5) is 5.69 Å². The van der Waals surface area contributed by atoms with Crippen LogP contribution in [0.3, 0.4) is 0 Å². The summed E-state index contributed by atoms with van der Waals surface area (Å²) < 4.78 is 0. The minimum atomic E-state index is -0.404. The Hall–Kier alpha value is -4.92. The molecule has 0 spiro atoms. The predicted molar refractivity (Wildman–Crippen MR) is 125 cm³/mol. The number of benzene rings is 3. The van der Waals surface area contributed by atoms with E-state index in [1.807, 2.05) is 48.5 Å². The van der Waals surface area contributed by atoms with Gasteiger partial charge in [0.05, 0.1) is 4.92 Å². The van der Waals surface area contributed by atoms with Gasteiger partial charge >= 0.3 is 0 Å². The van der Waals surface area contributed by atoms with Gasteiger partial charge in [-0.3, -0.25) is 10.1 Å². The van der Waals surface area contributed by atoms with Crippen LogP contribution in [0.15, 0.2) is 66.7 Å². The van der Waals surface area contributed by atoms with E-state index in [4.69, 9.17) is 19.9 Å². The Morgan fingerprint density at radius 1 is 0.606 bits per heavy atom. The average Bonchev–Trinajstić information content (AvgIpc) is 3.48. The molecule has 0 saturated heterocycles. The van der Waals surface area contributed by atoms with E-state index in [9.17, 15) is 10.1 Å². The lowest BCUT2D eigenvalue weighted by Crippen LogP contribution is -1.88. The van der Waals surface area contributed by atoms with Crippen LogP contribution in [0.1, 0.15) is 0 Å². The zero-order chi connectivity index (χ0) is 22.1. The second kappa shape index (κ2) is 6.30. The topological polar surface area (TPSA) is 126 Å². The number of nitro groups is 1. The van der Waals surface area contributed by atoms with E-state index < -0.39 is 4.92 Å². The van der Waals surface area contributed by atoms with Crippen LogP contribution < -0.4 is 0 Å². The third-order valence-electron chi connectivity index (χ3n) is 5.92. The summed E-state index contributed by atoms with van der Waals surface area (Å²) in [5.74, 6) is 1.03. The molecule has 0 amide bonds. The molecule has 0 atom stereocenters. The fraction of sp³-hybridized carbons (Fsp3) is 0. The first-order valence-electron chi connectivity index (χ1n) is 10.3. The summed E-state index contributed by atoms with van der Waals surface area (Å²) in [5, 5.41) is 14.6. The summed E-state index contributed by atoms with van der Waals surface area (Å²) >= 11 is 0. The molecule has 0 radical (unpaired) electrons. The Labute approximate surface area is 184 Å². The molecular weight excluding hydrogens is 418 g/mol. The van der Waals surface area contributed by atoms with Crippen LogP contribution in [0.2, 0.25) is 0 Å². The van der Waals surface area contributed by atoms with Crippen molar-refractivity contribution in [3.8, 4) is 22.8 Å². The molecule has 0 saturated carbocycles. The van der Waals surface area contributed by atoms with E-state index in [1.54, 1.807) is 12.1 Å². The van der Waals surface area contributed by atoms with E-state index in [2.05, 4.69) is 9.97 Å². The van der Waals surface area contributed by atoms with Gasteiger partial charge in [-0.05, 0) is 0 Å². The first-order chi connectivity index (χ1) is 16.2. The van der Waals surface area contributed by atoms with Crippen LogP contribution in [0.5, 0.6) is 0 Å². The summed E-state index contributed by atoms with van der Waals surface area (Å²) in [4.78, 5) is 37.0. The average molecular weight is 431 g/mol. The Morgan fingerprint density at radius 2 is 1.15 bits per heavy atom. The van der Waals surface area contributed by atoms with Crippen LogP contribution in [0, 0.1) is 10.1 Å². The zero-order valence-corrected chi connectivity index (χ0v) is 16.9. The number of rotatable bonds is 1. The Morgan fingerprint density at radius 3 is 1.82 bits per heavy atom. The molecule has 0 fully saturated rings. The highest BCUT2D eigenvalue weighted by Crippen LogP contribution is 2.36. The van der Waals surface area contributed by atoms with Crippen molar-refractivity contribution < 1.29 is 4.92 Å². The maximum Gasteiger partial charge on any atom is 0.281 e. The SMILES string of the molecule is O=[N+]([O-])c1cccc2c3nc4nc(nc5[nH]c(nc([nH]3)c12)c1ccccc51)-c1ccccc1-4. The van der Waals surface area contributed by atoms with Crippen LogP contribution in [-0.2, 0) is 0 Å². The molecule has 9 heteroatoms. The largest absolute Gasteiger partial charge is 0.324 e. The smallest absolute Gasteiger partial charge is 0.281 e. The number of non-ortho nitro benzene ring substituents is 1. The maximum atomic E-state index is 11.8. The summed E-state index contributed by atoms with van der Waals surface area (Å²) in [6, 6.07) is 20.4. The highest BCUT2D eigenvalue weighted by atomic mass is 16.6. The van der Waals surface area contributed by atoms with Crippen molar-refractivity contribution in [1.82, 2.24) is 29.9 Å². The lowest BCUT2D eigenvalue weighted by Gasteiger charge is -1.96. The standard InChI is InChI=1S/C24H13N7O2/c32-31(33)17-11-5-10-16-18(17)24-29-22-15-9-4-3-8-14(15)20(27-22)25-19-12-6-1-2-7-13(12)21(26-19)28-23(16)30-24/h1-11H,(H2,25,26,27,28,29,30). The van der Waals surface area contributed by atoms with Gasteiger partial charge in [0, 0.05) is 33.4 Å². The molecule has 6 aromatic rings. The van der Waals surface area contributed by atoms with Gasteiger partial charge in [-0.15, -0.1) is 0 Å². The molecule has 2 N–H and O–H groups in total. The fourth-order valence-corrected chi connectivity index (χ4v) is 4.46. The van der Waals surface area contributed by atoms with Gasteiger partial charge in [0.1, 0.15) is 28.0 Å². The molecule has 1 aliphatic heterocycles. The molecule has 0 unspecified atom stereocenters. The summed E-state index contributed by atoms with van der Waals surface area (Å²) in [6.07, 6.45) is 0. The predicted octanol–water partition coefficient (Wildman–Crippen LogP) is 5.22. The second-order valence-electron chi connectivity index (χ2n) is 7.79. The van der Waals surface area contributed by atoms with Gasteiger partial charge in [-0.2, -0.15) is 0 Å². The van der Waals surface area contributed by atoms with E-state index in [0.717, 1.165) is 21.9 Å². The Kier molecular flexibility index (Phi) is 3.38. The number of nitrogens with one attached hydrogen (secondary N) is 2. The molecule has 3 aromatic carbocycles. The molecule has 1 aliphatic rings. The van der Waals surface area contributed by atoms with E-state index in [-0.39, 0.29) is 5.69 Å². The lowest BCUT2D eigenvalue weighted by molar-refractivity contribution is -0.383. The molecule has 9 nitrogen and oxygen atoms in total. The lowest BCUT2D eigenvalue weighted by atomic mass is 10.1. The van der Waals surface area contributed by atoms with E-state index >= 15 is 0 Å². The van der Waals surface area contributed by atoms with Crippen molar-refractivity contribution in [2.24, 2.45) is 0 Å². The van der Waals surface area contributed by atoms with Crippen molar-refractivity contribution in [2.45, 2.75) is 0 Å². The normalized spacial score (nSPS) is 11.9. The van der Waals surface area contributed by atoms with Gasteiger partial charge in [0.15, 0.2) is 11.6 Å². The van der Waals surface area contributed by atoms with E-state index in [1.165, 1.54) is 6.07 Å². The Bertz CT molecular complexity index is 1870. The van der Waals surface area contributed by atoms with Crippen molar-refractivity contribution in [1.29, 1.82) is 0 Å². The number of aromatic nitrogens is 6. The van der Waals surface area contributed by atoms with Crippen molar-refractivity contribution >= 4 is 49.8 Å². The highest BCUT2D eigenvalue weighted by Gasteiger charge is 2.22. The minimum absolute atomic E-state index is 0.0411. The molecule has 33 heavy (non-hydrogen) atoms. The van der Waals surface area contributed by atoms with Crippen molar-refractivity contribution in [2.75, 3.05) is 0 Å². The van der Waals surface area contributed by atoms with Crippen LogP contribution in [0.25, 0.3) is 66.9 Å². The molecule has 4 heterocycles. The highest BCUT2D eigenvalue weighted by molar-refractivity contribution is 6.11. The third kappa shape index (κ3) is 2.47. The zero-order valence-electron chi connectivity index (χ0n) is 16.9. The molecule has 156 valence electrons. The summed E-state index contributed by atoms with van der Waals surface area (Å²) in [5.41, 5.74) is 3.65. The number of nitro benzene ring substituents is 1. The fourth-order valence-electron chi connectivity index (χ4n) is 4.46. The molecule has 0 aliphatic carbocycles. The number of aromatic amines is 2. The van der Waals surface area contributed by atoms with Crippen LogP contribution in [-0.4, -0.2) is 34.8 Å². The molecule has 3 aromatic heterocycles. The number of H-pyrrole nitrogens is 2. The minimum Gasteiger partial charge on any atom is -0.324 e. The van der Waals surface area contributed by atoms with E-state index in [0.29, 0.717) is 45.0 Å². The van der Waals surface area contributed by atoms with Crippen LogP contribution >= 0.6 is 0 Å². The van der Waals surface area contributed by atoms with Gasteiger partial charge in [-0.25, -0.2) is 19.9 Å². The molecule has 7 rings (SSSR count). The molecule has 6 bridgehead atoms. The monoisotopic (exact) mass is 431 g/mol.